The molecule has 0 amide bonds. The minimum absolute atomic E-state index is 0.682. The number of pyridine rings is 1. The van der Waals surface area contributed by atoms with E-state index >= 15 is 0 Å². The molecule has 0 radical (unpaired) electrons. The first-order valence-corrected chi connectivity index (χ1v) is 6.92. The van der Waals surface area contributed by atoms with Crippen LogP contribution in [0.2, 0.25) is 0 Å². The van der Waals surface area contributed by atoms with Crippen molar-refractivity contribution in [2.45, 2.75) is 33.9 Å². The average molecular weight is 257 g/mol. The standard InChI is InChI=1S/C16H23N3/c1-13(2)10-17-11-15-7-5-9-19(15)12-16-14(3)6-4-8-18-16/h4-9,13,17H,10-12H2,1-3H3. The summed E-state index contributed by atoms with van der Waals surface area (Å²) in [7, 11) is 0. The van der Waals surface area contributed by atoms with Gasteiger partial charge in [0.25, 0.3) is 0 Å². The number of nitrogens with one attached hydrogen (secondary N) is 1. The van der Waals surface area contributed by atoms with Gasteiger partial charge in [0.1, 0.15) is 0 Å². The predicted molar refractivity (Wildman–Crippen MR) is 79.1 cm³/mol. The quantitative estimate of drug-likeness (QED) is 0.862. The first kappa shape index (κ1) is 13.8. The largest absolute Gasteiger partial charge is 0.344 e. The first-order valence-electron chi connectivity index (χ1n) is 6.92. The van der Waals surface area contributed by atoms with Crippen LogP contribution in [0, 0.1) is 12.8 Å². The van der Waals surface area contributed by atoms with Crippen LogP contribution in [0.4, 0.5) is 0 Å². The molecule has 0 aromatic carbocycles. The van der Waals surface area contributed by atoms with Crippen molar-refractivity contribution in [2.24, 2.45) is 5.92 Å². The number of hydrogen-bond acceptors (Lipinski definition) is 2. The number of rotatable bonds is 6. The lowest BCUT2D eigenvalue weighted by molar-refractivity contribution is 0.538. The molecule has 1 N–H and O–H groups in total. The average Bonchev–Trinajstić information content (AvgIpc) is 2.79. The molecule has 0 atom stereocenters. The third-order valence-electron chi connectivity index (χ3n) is 3.22. The molecule has 2 heterocycles. The fraction of sp³-hybridized carbons (Fsp3) is 0.438. The van der Waals surface area contributed by atoms with E-state index in [9.17, 15) is 0 Å². The van der Waals surface area contributed by atoms with Gasteiger partial charge in [-0.2, -0.15) is 0 Å². The maximum Gasteiger partial charge on any atom is 0.0648 e. The Hall–Kier alpha value is -1.61. The first-order chi connectivity index (χ1) is 9.16. The van der Waals surface area contributed by atoms with Crippen LogP contribution in [0.25, 0.3) is 0 Å². The molecule has 0 aliphatic carbocycles. The van der Waals surface area contributed by atoms with Crippen molar-refractivity contribution in [2.75, 3.05) is 6.54 Å². The molecule has 2 aromatic rings. The summed E-state index contributed by atoms with van der Waals surface area (Å²) in [5, 5.41) is 3.49. The van der Waals surface area contributed by atoms with E-state index < -0.39 is 0 Å². The summed E-state index contributed by atoms with van der Waals surface area (Å²) in [4.78, 5) is 4.46. The van der Waals surface area contributed by atoms with E-state index in [4.69, 9.17) is 0 Å². The van der Waals surface area contributed by atoms with E-state index in [1.54, 1.807) is 0 Å². The van der Waals surface area contributed by atoms with Crippen LogP contribution in [0.1, 0.15) is 30.8 Å². The molecule has 0 saturated heterocycles. The van der Waals surface area contributed by atoms with Crippen molar-refractivity contribution >= 4 is 0 Å². The van der Waals surface area contributed by atoms with Gasteiger partial charge in [-0.1, -0.05) is 19.9 Å². The summed E-state index contributed by atoms with van der Waals surface area (Å²) in [6.45, 7) is 9.37. The summed E-state index contributed by atoms with van der Waals surface area (Å²) in [5.74, 6) is 0.682. The van der Waals surface area contributed by atoms with Gasteiger partial charge in [0.15, 0.2) is 0 Å². The van der Waals surface area contributed by atoms with Gasteiger partial charge in [-0.3, -0.25) is 4.98 Å². The highest BCUT2D eigenvalue weighted by atomic mass is 15.0. The molecular weight excluding hydrogens is 234 g/mol. The summed E-state index contributed by atoms with van der Waals surface area (Å²) >= 11 is 0. The van der Waals surface area contributed by atoms with E-state index in [1.807, 2.05) is 12.3 Å². The Kier molecular flexibility index (Phi) is 4.74. The zero-order chi connectivity index (χ0) is 13.7. The SMILES string of the molecule is Cc1cccnc1Cn1cccc1CNCC(C)C. The van der Waals surface area contributed by atoms with Gasteiger partial charge in [0.05, 0.1) is 12.2 Å². The van der Waals surface area contributed by atoms with Crippen LogP contribution in [0.5, 0.6) is 0 Å². The minimum Gasteiger partial charge on any atom is -0.344 e. The number of hydrogen-bond donors (Lipinski definition) is 1. The maximum absolute atomic E-state index is 4.46. The number of nitrogens with zero attached hydrogens (tertiary/aromatic N) is 2. The molecule has 3 heteroatoms. The second-order valence-corrected chi connectivity index (χ2v) is 5.42. The van der Waals surface area contributed by atoms with Crippen molar-refractivity contribution in [3.8, 4) is 0 Å². The lowest BCUT2D eigenvalue weighted by atomic mass is 10.2. The highest BCUT2D eigenvalue weighted by Crippen LogP contribution is 2.09. The molecule has 0 aliphatic heterocycles. The predicted octanol–water partition coefficient (Wildman–Crippen LogP) is 2.99. The monoisotopic (exact) mass is 257 g/mol. The normalized spacial score (nSPS) is 11.2. The summed E-state index contributed by atoms with van der Waals surface area (Å²) in [6.07, 6.45) is 3.99. The highest BCUT2D eigenvalue weighted by molar-refractivity contribution is 5.19. The Morgan fingerprint density at radius 2 is 2.11 bits per heavy atom. The zero-order valence-corrected chi connectivity index (χ0v) is 12.1. The van der Waals surface area contributed by atoms with Gasteiger partial charge in [0, 0.05) is 24.6 Å². The van der Waals surface area contributed by atoms with Crippen molar-refractivity contribution in [3.05, 3.63) is 53.6 Å². The van der Waals surface area contributed by atoms with Crippen LogP contribution < -0.4 is 5.32 Å². The smallest absolute Gasteiger partial charge is 0.0648 e. The summed E-state index contributed by atoms with van der Waals surface area (Å²) in [6, 6.07) is 8.37. The Balaban J connectivity index is 2.01. The van der Waals surface area contributed by atoms with Gasteiger partial charge in [-0.15, -0.1) is 0 Å². The second kappa shape index (κ2) is 6.53. The Morgan fingerprint density at radius 1 is 1.26 bits per heavy atom. The van der Waals surface area contributed by atoms with Crippen LogP contribution in [0.3, 0.4) is 0 Å². The fourth-order valence-electron chi connectivity index (χ4n) is 2.10. The second-order valence-electron chi connectivity index (χ2n) is 5.42. The molecule has 102 valence electrons. The molecule has 0 saturated carbocycles. The molecule has 0 bridgehead atoms. The molecule has 3 nitrogen and oxygen atoms in total. The van der Waals surface area contributed by atoms with E-state index in [0.29, 0.717) is 5.92 Å². The van der Waals surface area contributed by atoms with Gasteiger partial charge in [-0.05, 0) is 43.1 Å². The van der Waals surface area contributed by atoms with E-state index in [0.717, 1.165) is 25.3 Å². The lowest BCUT2D eigenvalue weighted by Gasteiger charge is -2.12. The third kappa shape index (κ3) is 3.93. The van der Waals surface area contributed by atoms with Gasteiger partial charge >= 0.3 is 0 Å². The summed E-state index contributed by atoms with van der Waals surface area (Å²) < 4.78 is 2.27. The molecule has 0 fully saturated rings. The van der Waals surface area contributed by atoms with Crippen molar-refractivity contribution in [1.29, 1.82) is 0 Å². The van der Waals surface area contributed by atoms with E-state index in [-0.39, 0.29) is 0 Å². The minimum atomic E-state index is 0.682. The van der Waals surface area contributed by atoms with Crippen LogP contribution in [-0.4, -0.2) is 16.1 Å². The third-order valence-corrected chi connectivity index (χ3v) is 3.22. The van der Waals surface area contributed by atoms with Gasteiger partial charge in [-0.25, -0.2) is 0 Å². The van der Waals surface area contributed by atoms with E-state index in [1.165, 1.54) is 11.3 Å². The Bertz CT molecular complexity index is 514. The van der Waals surface area contributed by atoms with Crippen LogP contribution >= 0.6 is 0 Å². The molecule has 2 rings (SSSR count). The number of aromatic nitrogens is 2. The van der Waals surface area contributed by atoms with Crippen molar-refractivity contribution < 1.29 is 0 Å². The molecule has 0 spiro atoms. The molecule has 2 aromatic heterocycles. The molecule has 19 heavy (non-hydrogen) atoms. The summed E-state index contributed by atoms with van der Waals surface area (Å²) in [5.41, 5.74) is 3.70. The fourth-order valence-corrected chi connectivity index (χ4v) is 2.10. The van der Waals surface area contributed by atoms with Crippen molar-refractivity contribution in [1.82, 2.24) is 14.9 Å². The van der Waals surface area contributed by atoms with E-state index in [2.05, 4.69) is 60.0 Å². The topological polar surface area (TPSA) is 29.9 Å². The zero-order valence-electron chi connectivity index (χ0n) is 12.1. The van der Waals surface area contributed by atoms with Crippen molar-refractivity contribution in [3.63, 3.8) is 0 Å². The Morgan fingerprint density at radius 3 is 2.84 bits per heavy atom. The maximum atomic E-state index is 4.46. The molecule has 0 aliphatic rings. The van der Waals surface area contributed by atoms with Crippen LogP contribution in [0.15, 0.2) is 36.7 Å². The van der Waals surface area contributed by atoms with Crippen LogP contribution in [-0.2, 0) is 13.1 Å². The number of aryl methyl sites for hydroxylation is 1. The van der Waals surface area contributed by atoms with Gasteiger partial charge < -0.3 is 9.88 Å². The highest BCUT2D eigenvalue weighted by Gasteiger charge is 2.04. The Labute approximate surface area is 115 Å². The molecule has 0 unspecified atom stereocenters. The van der Waals surface area contributed by atoms with Gasteiger partial charge in [0.2, 0.25) is 0 Å². The molecular formula is C16H23N3. The lowest BCUT2D eigenvalue weighted by Crippen LogP contribution is -2.21.